The maximum absolute atomic E-state index is 11.9. The quantitative estimate of drug-likeness (QED) is 0.112. The van der Waals surface area contributed by atoms with Crippen molar-refractivity contribution in [2.24, 2.45) is 52.3 Å². The van der Waals surface area contributed by atoms with Crippen LogP contribution >= 0.6 is 0 Å². The average molecular weight is 727 g/mol. The third-order valence-electron chi connectivity index (χ3n) is 11.6. The fourth-order valence-corrected chi connectivity index (χ4v) is 11.6. The van der Waals surface area contributed by atoms with E-state index in [0.29, 0.717) is 17.8 Å². The molecule has 11 atom stereocenters. The van der Waals surface area contributed by atoms with E-state index in [9.17, 15) is 38.9 Å². The Hall–Kier alpha value is 2.61. The van der Waals surface area contributed by atoms with Gasteiger partial charge in [0, 0.05) is 0 Å². The van der Waals surface area contributed by atoms with Crippen molar-refractivity contribution < 1.29 is 140 Å². The molecule has 0 heterocycles. The number of fused-ring (bicyclic) bond motifs is 5. The van der Waals surface area contributed by atoms with Gasteiger partial charge >= 0.3 is 88.7 Å². The van der Waals surface area contributed by atoms with Crippen molar-refractivity contribution >= 4 is 31.2 Å². The number of rotatable bonds is 11. The summed E-state index contributed by atoms with van der Waals surface area (Å²) in [5.41, 5.74) is -0.893. The van der Waals surface area contributed by atoms with E-state index in [2.05, 4.69) is 31.9 Å². The van der Waals surface area contributed by atoms with Gasteiger partial charge in [0.1, 0.15) is 12.2 Å². The van der Waals surface area contributed by atoms with Crippen LogP contribution in [0.25, 0.3) is 0 Å². The third-order valence-corrected chi connectivity index (χ3v) is 13.0. The van der Waals surface area contributed by atoms with Gasteiger partial charge in [0.05, 0.1) is 6.10 Å². The molecule has 4 fully saturated rings. The Balaban J connectivity index is 0.00000337. The molecule has 0 aliphatic heterocycles. The standard InChI is InChI=1S/C27H48O12S3.3Na/c1-16(2)7-6-8-17(3)19-9-10-20-18-13-23(37-40(28,29)30)22-14-24(38-41(31,32)33)25(39-42(34,35)36)15-27(22,5)21(18)11-12-26(19,20)4;;;/h16-25H,6-15H2,1-5H3,(H,28,29,30)(H,31,32,33)(H,34,35,36);;;/q;3*+1/p-3/t17-,18+,19-,20+,21+,22-,23+,24+,25+,26-,27-;;;/m1.../s1. The summed E-state index contributed by atoms with van der Waals surface area (Å²) in [6.07, 6.45) is 2.45. The van der Waals surface area contributed by atoms with Gasteiger partial charge in [-0.3, -0.25) is 12.5 Å². The van der Waals surface area contributed by atoms with Crippen LogP contribution in [-0.4, -0.2) is 57.2 Å². The van der Waals surface area contributed by atoms with Crippen molar-refractivity contribution in [2.75, 3.05) is 0 Å². The summed E-state index contributed by atoms with van der Waals surface area (Å²) in [5, 5.41) is 0. The molecule has 0 saturated heterocycles. The molecule has 0 aromatic rings. The van der Waals surface area contributed by atoms with Gasteiger partial charge in [0.15, 0.2) is 0 Å². The van der Waals surface area contributed by atoms with E-state index in [-0.39, 0.29) is 131 Å². The van der Waals surface area contributed by atoms with Crippen molar-refractivity contribution in [1.29, 1.82) is 0 Å². The van der Waals surface area contributed by atoms with Crippen LogP contribution in [0.4, 0.5) is 0 Å². The van der Waals surface area contributed by atoms with Gasteiger partial charge in [0.25, 0.3) is 0 Å². The van der Waals surface area contributed by atoms with E-state index < -0.39 is 60.8 Å². The molecular weight excluding hydrogens is 681 g/mol. The van der Waals surface area contributed by atoms with Crippen LogP contribution in [0.15, 0.2) is 0 Å². The third kappa shape index (κ3) is 11.1. The fraction of sp³-hybridized carbons (Fsp3) is 1.00. The number of hydrogen-bond acceptors (Lipinski definition) is 12. The maximum Gasteiger partial charge on any atom is 1.00 e. The van der Waals surface area contributed by atoms with Crippen LogP contribution in [0.2, 0.25) is 0 Å². The summed E-state index contributed by atoms with van der Waals surface area (Å²) >= 11 is 0. The SMILES string of the molecule is CC(C)CCC[C@@H](C)[C@H]1CC[C@H]2[C@@H]3C[C@H](OS(=O)(=O)[O-])[C@H]4C[C@H](OS(=O)(=O)[O-])[C@@H](OS(=O)(=O)[O-])C[C@]4(C)[C@H]3CC[C@]12C.[Na+].[Na+].[Na+]. The largest absolute Gasteiger partial charge is 1.00 e. The van der Waals surface area contributed by atoms with Crippen LogP contribution in [0, 0.1) is 52.3 Å². The predicted molar refractivity (Wildman–Crippen MR) is 148 cm³/mol. The van der Waals surface area contributed by atoms with Gasteiger partial charge in [-0.1, -0.05) is 53.9 Å². The Morgan fingerprint density at radius 3 is 1.71 bits per heavy atom. The van der Waals surface area contributed by atoms with Gasteiger partial charge in [-0.05, 0) is 97.2 Å². The molecule has 0 radical (unpaired) electrons. The predicted octanol–water partition coefficient (Wildman–Crippen LogP) is -5.12. The van der Waals surface area contributed by atoms with Crippen LogP contribution in [-0.2, 0) is 43.7 Å². The van der Waals surface area contributed by atoms with Gasteiger partial charge in [-0.15, -0.1) is 0 Å². The minimum atomic E-state index is -5.34. The molecule has 0 N–H and O–H groups in total. The van der Waals surface area contributed by atoms with Crippen molar-refractivity contribution in [3.8, 4) is 0 Å². The summed E-state index contributed by atoms with van der Waals surface area (Å²) in [5.74, 6) is 0.980. The average Bonchev–Trinajstić information content (AvgIpc) is 3.14. The fourth-order valence-electron chi connectivity index (χ4n) is 10.0. The molecule has 246 valence electrons. The zero-order chi connectivity index (χ0) is 31.5. The molecule has 0 amide bonds. The van der Waals surface area contributed by atoms with Crippen LogP contribution in [0.5, 0.6) is 0 Å². The van der Waals surface area contributed by atoms with E-state index in [0.717, 1.165) is 38.5 Å². The molecule has 18 heteroatoms. The van der Waals surface area contributed by atoms with E-state index in [1.54, 1.807) is 0 Å². The Bertz CT molecular complexity index is 1310. The molecule has 4 aliphatic rings. The van der Waals surface area contributed by atoms with Crippen molar-refractivity contribution in [3.05, 3.63) is 0 Å². The first-order valence-corrected chi connectivity index (χ1v) is 19.1. The Kier molecular flexibility index (Phi) is 17.2. The maximum atomic E-state index is 11.9. The first-order chi connectivity index (χ1) is 19.1. The smallest absolute Gasteiger partial charge is 0.726 e. The van der Waals surface area contributed by atoms with E-state index in [1.807, 2.05) is 6.92 Å². The number of hydrogen-bond donors (Lipinski definition) is 0. The zero-order valence-electron chi connectivity index (χ0n) is 28.0. The minimum Gasteiger partial charge on any atom is -0.726 e. The summed E-state index contributed by atoms with van der Waals surface area (Å²) < 4.78 is 119. The molecule has 12 nitrogen and oxygen atoms in total. The molecule has 0 unspecified atom stereocenters. The normalized spacial score (nSPS) is 38.9. The molecule has 4 saturated carbocycles. The summed E-state index contributed by atoms with van der Waals surface area (Å²) in [6, 6.07) is 0. The first-order valence-electron chi connectivity index (χ1n) is 15.1. The minimum absolute atomic E-state index is 0. The van der Waals surface area contributed by atoms with Crippen LogP contribution < -0.4 is 88.7 Å². The van der Waals surface area contributed by atoms with Gasteiger partial charge in [0.2, 0.25) is 31.2 Å². The molecule has 4 rings (SSSR count). The molecule has 0 aromatic heterocycles. The van der Waals surface area contributed by atoms with Crippen molar-refractivity contribution in [3.63, 3.8) is 0 Å². The first kappa shape index (κ1) is 45.6. The Labute approximate surface area is 336 Å². The van der Waals surface area contributed by atoms with E-state index in [1.165, 1.54) is 6.42 Å². The molecule has 0 spiro atoms. The molecule has 0 aromatic carbocycles. The van der Waals surface area contributed by atoms with Crippen molar-refractivity contribution in [1.82, 2.24) is 0 Å². The van der Waals surface area contributed by atoms with Crippen molar-refractivity contribution in [2.45, 2.75) is 117 Å². The van der Waals surface area contributed by atoms with Gasteiger partial charge in [-0.2, -0.15) is 0 Å². The second-order valence-corrected chi connectivity index (χ2v) is 17.4. The molecular formula is C27H45Na3O12S3. The molecule has 0 bridgehead atoms. The summed E-state index contributed by atoms with van der Waals surface area (Å²) in [6.45, 7) is 10.9. The van der Waals surface area contributed by atoms with Crippen LogP contribution in [0.1, 0.15) is 98.8 Å². The Morgan fingerprint density at radius 1 is 0.667 bits per heavy atom. The van der Waals surface area contributed by atoms with Gasteiger partial charge < -0.3 is 13.7 Å². The zero-order valence-corrected chi connectivity index (χ0v) is 36.4. The second kappa shape index (κ2) is 17.0. The monoisotopic (exact) mass is 726 g/mol. The summed E-state index contributed by atoms with van der Waals surface area (Å²) in [4.78, 5) is 0. The van der Waals surface area contributed by atoms with E-state index >= 15 is 0 Å². The second-order valence-electron chi connectivity index (χ2n) is 14.3. The van der Waals surface area contributed by atoms with Crippen LogP contribution in [0.3, 0.4) is 0 Å². The molecule has 4 aliphatic carbocycles. The summed E-state index contributed by atoms with van der Waals surface area (Å²) in [7, 11) is -15.8. The molecule has 45 heavy (non-hydrogen) atoms. The Morgan fingerprint density at radius 2 is 1.18 bits per heavy atom. The topological polar surface area (TPSA) is 199 Å². The van der Waals surface area contributed by atoms with E-state index in [4.69, 9.17) is 8.37 Å². The van der Waals surface area contributed by atoms with Gasteiger partial charge in [-0.25, -0.2) is 25.3 Å².